The number of aryl methyl sites for hydroxylation is 2. The van der Waals surface area contributed by atoms with Crippen LogP contribution in [-0.4, -0.2) is 57.1 Å². The highest BCUT2D eigenvalue weighted by Crippen LogP contribution is 2.32. The number of hydrogen-bond acceptors (Lipinski definition) is 6. The van der Waals surface area contributed by atoms with E-state index in [0.717, 1.165) is 33.9 Å². The molecule has 0 unspecified atom stereocenters. The Bertz CT molecular complexity index is 927. The van der Waals surface area contributed by atoms with Crippen molar-refractivity contribution in [2.75, 3.05) is 25.5 Å². The van der Waals surface area contributed by atoms with E-state index in [2.05, 4.69) is 28.4 Å². The number of phenolic OH excluding ortho intramolecular Hbond substituents is 1. The van der Waals surface area contributed by atoms with Gasteiger partial charge in [-0.2, -0.15) is 4.98 Å². The molecule has 1 fully saturated rings. The SMILES string of the molecule is CCc1cc(C)cc(O)c1-n1cc2sc(N[C@@H]3C[C@@H](F)CN(C)C3)nc2n1. The molecular weight excluding hydrogens is 365 g/mol. The number of thiazole rings is 1. The molecule has 3 heterocycles. The average Bonchev–Trinajstić information content (AvgIpc) is 3.11. The van der Waals surface area contributed by atoms with Crippen molar-refractivity contribution in [2.24, 2.45) is 0 Å². The van der Waals surface area contributed by atoms with Gasteiger partial charge in [0.05, 0.1) is 10.9 Å². The van der Waals surface area contributed by atoms with Gasteiger partial charge < -0.3 is 15.3 Å². The van der Waals surface area contributed by atoms with E-state index < -0.39 is 6.17 Å². The summed E-state index contributed by atoms with van der Waals surface area (Å²) in [5, 5.41) is 19.1. The summed E-state index contributed by atoms with van der Waals surface area (Å²) in [5.41, 5.74) is 3.40. The number of rotatable bonds is 4. The van der Waals surface area contributed by atoms with Crippen LogP contribution in [0.2, 0.25) is 0 Å². The molecule has 1 saturated heterocycles. The maximum Gasteiger partial charge on any atom is 0.194 e. The second-order valence-electron chi connectivity index (χ2n) is 7.32. The molecular formula is C19H24FN5OS. The molecule has 1 aliphatic rings. The number of likely N-dealkylation sites (N-methyl/N-ethyl adjacent to an activating group) is 1. The molecule has 6 nitrogen and oxygen atoms in total. The lowest BCUT2D eigenvalue weighted by atomic mass is 10.1. The first kappa shape index (κ1) is 18.2. The first-order valence-electron chi connectivity index (χ1n) is 9.21. The molecule has 2 atom stereocenters. The van der Waals surface area contributed by atoms with Crippen molar-refractivity contribution in [1.29, 1.82) is 0 Å². The molecule has 4 rings (SSSR count). The van der Waals surface area contributed by atoms with E-state index in [4.69, 9.17) is 0 Å². The summed E-state index contributed by atoms with van der Waals surface area (Å²) in [5.74, 6) is 0.222. The van der Waals surface area contributed by atoms with Crippen molar-refractivity contribution in [3.05, 3.63) is 29.5 Å². The monoisotopic (exact) mass is 389 g/mol. The number of anilines is 1. The Morgan fingerprint density at radius 3 is 2.89 bits per heavy atom. The molecule has 0 saturated carbocycles. The number of benzene rings is 1. The lowest BCUT2D eigenvalue weighted by Gasteiger charge is -2.32. The zero-order valence-corrected chi connectivity index (χ0v) is 16.6. The first-order valence-corrected chi connectivity index (χ1v) is 10.0. The van der Waals surface area contributed by atoms with E-state index in [1.54, 1.807) is 10.7 Å². The van der Waals surface area contributed by atoms with E-state index in [1.165, 1.54) is 11.3 Å². The van der Waals surface area contributed by atoms with E-state index in [-0.39, 0.29) is 11.8 Å². The Labute approximate surface area is 161 Å². The minimum absolute atomic E-state index is 0.0500. The second kappa shape index (κ2) is 7.09. The number of aromatic hydroxyl groups is 1. The highest BCUT2D eigenvalue weighted by molar-refractivity contribution is 7.22. The first-order chi connectivity index (χ1) is 12.9. The fraction of sp³-hybridized carbons (Fsp3) is 0.474. The number of nitrogens with zero attached hydrogens (tertiary/aromatic N) is 4. The molecule has 8 heteroatoms. The number of phenols is 1. The van der Waals surface area contributed by atoms with E-state index in [1.807, 2.05) is 25.1 Å². The summed E-state index contributed by atoms with van der Waals surface area (Å²) in [6, 6.07) is 3.87. The maximum absolute atomic E-state index is 13.8. The number of nitrogens with one attached hydrogen (secondary N) is 1. The lowest BCUT2D eigenvalue weighted by Crippen LogP contribution is -2.45. The predicted molar refractivity (Wildman–Crippen MR) is 107 cm³/mol. The second-order valence-corrected chi connectivity index (χ2v) is 8.35. The maximum atomic E-state index is 13.8. The molecule has 0 spiro atoms. The van der Waals surface area contributed by atoms with Crippen LogP contribution in [0.4, 0.5) is 9.52 Å². The normalized spacial score (nSPS) is 21.0. The minimum atomic E-state index is -0.809. The Hall–Kier alpha value is -2.19. The molecule has 1 aliphatic heterocycles. The number of hydrogen-bond donors (Lipinski definition) is 2. The van der Waals surface area contributed by atoms with Gasteiger partial charge in [-0.05, 0) is 37.6 Å². The fourth-order valence-corrected chi connectivity index (χ4v) is 4.69. The third-order valence-corrected chi connectivity index (χ3v) is 5.82. The van der Waals surface area contributed by atoms with Crippen molar-refractivity contribution < 1.29 is 9.50 Å². The van der Waals surface area contributed by atoms with Gasteiger partial charge in [0.2, 0.25) is 0 Å². The van der Waals surface area contributed by atoms with E-state index in [9.17, 15) is 9.50 Å². The molecule has 3 aromatic rings. The molecule has 1 aromatic carbocycles. The zero-order chi connectivity index (χ0) is 19.1. The average molecular weight is 390 g/mol. The molecule has 0 amide bonds. The molecule has 0 aliphatic carbocycles. The fourth-order valence-electron chi connectivity index (χ4n) is 3.79. The topological polar surface area (TPSA) is 66.2 Å². The molecule has 144 valence electrons. The zero-order valence-electron chi connectivity index (χ0n) is 15.7. The van der Waals surface area contributed by atoms with E-state index >= 15 is 0 Å². The van der Waals surface area contributed by atoms with Crippen LogP contribution in [0.15, 0.2) is 18.3 Å². The lowest BCUT2D eigenvalue weighted by molar-refractivity contribution is 0.153. The van der Waals surface area contributed by atoms with Crippen LogP contribution < -0.4 is 5.32 Å². The number of aromatic nitrogens is 3. The quantitative estimate of drug-likeness (QED) is 0.715. The van der Waals surface area contributed by atoms with Crippen LogP contribution in [0.5, 0.6) is 5.75 Å². The number of alkyl halides is 1. The van der Waals surface area contributed by atoms with E-state index in [0.29, 0.717) is 24.3 Å². The summed E-state index contributed by atoms with van der Waals surface area (Å²) in [4.78, 5) is 6.56. The predicted octanol–water partition coefficient (Wildman–Crippen LogP) is 3.51. The van der Waals surface area contributed by atoms with Gasteiger partial charge in [-0.1, -0.05) is 24.3 Å². The Kier molecular flexibility index (Phi) is 4.77. The number of piperidine rings is 1. The highest BCUT2D eigenvalue weighted by Gasteiger charge is 2.26. The van der Waals surface area contributed by atoms with Gasteiger partial charge >= 0.3 is 0 Å². The van der Waals surface area contributed by atoms with Gasteiger partial charge in [-0.25, -0.2) is 9.07 Å². The van der Waals surface area contributed by atoms with Crippen LogP contribution in [0, 0.1) is 6.92 Å². The van der Waals surface area contributed by atoms with Crippen molar-refractivity contribution in [3.63, 3.8) is 0 Å². The third-order valence-electron chi connectivity index (χ3n) is 4.91. The van der Waals surface area contributed by atoms with Gasteiger partial charge in [0, 0.05) is 25.6 Å². The third kappa shape index (κ3) is 3.64. The summed E-state index contributed by atoms with van der Waals surface area (Å²) in [7, 11) is 1.93. The van der Waals surface area contributed by atoms with Crippen molar-refractivity contribution in [3.8, 4) is 11.4 Å². The Morgan fingerprint density at radius 2 is 2.19 bits per heavy atom. The number of fused-ring (bicyclic) bond motifs is 1. The molecule has 0 bridgehead atoms. The molecule has 0 radical (unpaired) electrons. The Balaban J connectivity index is 1.60. The van der Waals surface area contributed by atoms with Crippen molar-refractivity contribution in [2.45, 2.75) is 38.9 Å². The molecule has 27 heavy (non-hydrogen) atoms. The van der Waals surface area contributed by atoms with Gasteiger partial charge in [0.25, 0.3) is 0 Å². The van der Waals surface area contributed by atoms with Crippen LogP contribution in [0.25, 0.3) is 16.0 Å². The van der Waals surface area contributed by atoms with Gasteiger partial charge in [0.1, 0.15) is 17.6 Å². The summed E-state index contributed by atoms with van der Waals surface area (Å²) >= 11 is 1.50. The van der Waals surface area contributed by atoms with Gasteiger partial charge in [-0.15, -0.1) is 5.10 Å². The van der Waals surface area contributed by atoms with Crippen LogP contribution in [0.3, 0.4) is 0 Å². The van der Waals surface area contributed by atoms with Crippen LogP contribution in [0.1, 0.15) is 24.5 Å². The van der Waals surface area contributed by atoms with Crippen molar-refractivity contribution in [1.82, 2.24) is 19.7 Å². The van der Waals surface area contributed by atoms with Crippen LogP contribution in [-0.2, 0) is 6.42 Å². The minimum Gasteiger partial charge on any atom is -0.506 e. The Morgan fingerprint density at radius 1 is 1.37 bits per heavy atom. The van der Waals surface area contributed by atoms with Crippen LogP contribution >= 0.6 is 11.3 Å². The number of likely N-dealkylation sites (tertiary alicyclic amines) is 1. The smallest absolute Gasteiger partial charge is 0.194 e. The van der Waals surface area contributed by atoms with Gasteiger partial charge in [-0.3, -0.25) is 0 Å². The van der Waals surface area contributed by atoms with Crippen molar-refractivity contribution >= 4 is 26.8 Å². The largest absolute Gasteiger partial charge is 0.506 e. The standard InChI is InChI=1S/C19H24FN5OS/c1-4-12-5-11(2)6-15(26)17(12)25-10-16-18(23-25)22-19(27-16)21-14-7-13(20)8-24(3)9-14/h5-6,10,13-14,26H,4,7-9H2,1-3H3,(H,21,22,23)/t13-,14-/m1/s1. The summed E-state index contributed by atoms with van der Waals surface area (Å²) in [6.07, 6.45) is 2.39. The molecule has 2 N–H and O–H groups in total. The summed E-state index contributed by atoms with van der Waals surface area (Å²) in [6.45, 7) is 5.32. The molecule has 2 aromatic heterocycles. The highest BCUT2D eigenvalue weighted by atomic mass is 32.1. The number of halogens is 1. The summed E-state index contributed by atoms with van der Waals surface area (Å²) < 4.78 is 16.4. The van der Waals surface area contributed by atoms with Gasteiger partial charge in [0.15, 0.2) is 10.8 Å².